The van der Waals surface area contributed by atoms with Crippen molar-refractivity contribution in [3.8, 4) is 5.75 Å². The van der Waals surface area contributed by atoms with Crippen molar-refractivity contribution in [2.45, 2.75) is 0 Å². The second-order valence-electron chi connectivity index (χ2n) is 3.89. The Morgan fingerprint density at radius 3 is 2.74 bits per heavy atom. The number of hydrogen-bond donors (Lipinski definition) is 2. The smallest absolute Gasteiger partial charge is 0.258 e. The van der Waals surface area contributed by atoms with Gasteiger partial charge in [-0.3, -0.25) is 4.79 Å². The van der Waals surface area contributed by atoms with Gasteiger partial charge in [-0.25, -0.2) is 4.39 Å². The Kier molecular flexibility index (Phi) is 3.66. The average Bonchev–Trinajstić information content (AvgIpc) is 2.42. The van der Waals surface area contributed by atoms with Crippen LogP contribution in [0.5, 0.6) is 5.75 Å². The lowest BCUT2D eigenvalue weighted by atomic mass is 10.1. The van der Waals surface area contributed by atoms with Crippen LogP contribution in [0.2, 0.25) is 0 Å². The molecular formula is C14H13FN2O2. The number of halogens is 1. The molecule has 1 amide bonds. The summed E-state index contributed by atoms with van der Waals surface area (Å²) >= 11 is 0. The summed E-state index contributed by atoms with van der Waals surface area (Å²) in [5.74, 6) is -0.698. The van der Waals surface area contributed by atoms with E-state index >= 15 is 0 Å². The summed E-state index contributed by atoms with van der Waals surface area (Å²) in [6.07, 6.45) is 0. The summed E-state index contributed by atoms with van der Waals surface area (Å²) in [6.45, 7) is 0. The minimum Gasteiger partial charge on any atom is -0.495 e. The molecule has 2 rings (SSSR count). The molecule has 0 saturated heterocycles. The molecule has 0 unspecified atom stereocenters. The minimum absolute atomic E-state index is 0.106. The maximum absolute atomic E-state index is 13.6. The maximum atomic E-state index is 13.6. The largest absolute Gasteiger partial charge is 0.495 e. The Morgan fingerprint density at radius 1 is 1.26 bits per heavy atom. The molecule has 0 bridgehead atoms. The average molecular weight is 260 g/mol. The zero-order valence-corrected chi connectivity index (χ0v) is 10.3. The lowest BCUT2D eigenvalue weighted by Crippen LogP contribution is -2.14. The summed E-state index contributed by atoms with van der Waals surface area (Å²) in [6, 6.07) is 10.7. The van der Waals surface area contributed by atoms with Crippen molar-refractivity contribution in [3.05, 3.63) is 53.8 Å². The molecule has 4 nitrogen and oxygen atoms in total. The van der Waals surface area contributed by atoms with Crippen molar-refractivity contribution in [1.29, 1.82) is 0 Å². The Hall–Kier alpha value is -2.56. The number of methoxy groups -OCH3 is 1. The number of para-hydroxylation sites is 2. The molecule has 0 spiro atoms. The Bertz CT molecular complexity index is 614. The van der Waals surface area contributed by atoms with Crippen LogP contribution in [0.4, 0.5) is 15.8 Å². The van der Waals surface area contributed by atoms with Crippen molar-refractivity contribution < 1.29 is 13.9 Å². The van der Waals surface area contributed by atoms with Crippen LogP contribution in [-0.4, -0.2) is 13.0 Å². The number of ether oxygens (including phenoxy) is 1. The number of carbonyl (C=O) groups excluding carboxylic acids is 1. The summed E-state index contributed by atoms with van der Waals surface area (Å²) in [5, 5.41) is 2.59. The van der Waals surface area contributed by atoms with E-state index in [1.807, 2.05) is 0 Å². The van der Waals surface area contributed by atoms with E-state index in [0.29, 0.717) is 17.1 Å². The zero-order valence-electron chi connectivity index (χ0n) is 10.3. The summed E-state index contributed by atoms with van der Waals surface area (Å²) in [4.78, 5) is 12.0. The van der Waals surface area contributed by atoms with Gasteiger partial charge in [0.1, 0.15) is 11.6 Å². The van der Waals surface area contributed by atoms with E-state index in [9.17, 15) is 9.18 Å². The van der Waals surface area contributed by atoms with Crippen molar-refractivity contribution in [3.63, 3.8) is 0 Å². The molecule has 3 N–H and O–H groups in total. The summed E-state index contributed by atoms with van der Waals surface area (Å²) in [5.41, 5.74) is 6.23. The number of nitrogens with one attached hydrogen (secondary N) is 1. The van der Waals surface area contributed by atoms with Crippen LogP contribution in [0.3, 0.4) is 0 Å². The third kappa shape index (κ3) is 2.82. The maximum Gasteiger partial charge on any atom is 0.258 e. The third-order valence-corrected chi connectivity index (χ3v) is 2.59. The molecule has 0 atom stereocenters. The lowest BCUT2D eigenvalue weighted by Gasteiger charge is -2.10. The molecule has 0 fully saturated rings. The highest BCUT2D eigenvalue weighted by Gasteiger charge is 2.13. The Labute approximate surface area is 110 Å². The fourth-order valence-corrected chi connectivity index (χ4v) is 1.65. The van der Waals surface area contributed by atoms with Gasteiger partial charge in [0.2, 0.25) is 0 Å². The topological polar surface area (TPSA) is 64.3 Å². The lowest BCUT2D eigenvalue weighted by molar-refractivity contribution is 0.102. The number of amides is 1. The molecule has 98 valence electrons. The zero-order chi connectivity index (χ0) is 13.8. The number of carbonyl (C=O) groups is 1. The molecule has 0 aliphatic heterocycles. The summed E-state index contributed by atoms with van der Waals surface area (Å²) in [7, 11) is 1.49. The second kappa shape index (κ2) is 5.39. The fraction of sp³-hybridized carbons (Fsp3) is 0.0714. The first-order valence-electron chi connectivity index (χ1n) is 5.61. The van der Waals surface area contributed by atoms with Gasteiger partial charge in [0.15, 0.2) is 0 Å². The number of benzene rings is 2. The van der Waals surface area contributed by atoms with Crippen LogP contribution in [0.25, 0.3) is 0 Å². The van der Waals surface area contributed by atoms with Crippen LogP contribution in [0.1, 0.15) is 10.4 Å². The number of anilines is 2. The molecule has 2 aromatic carbocycles. The Balaban J connectivity index is 2.28. The van der Waals surface area contributed by atoms with Gasteiger partial charge in [0.05, 0.1) is 18.4 Å². The standard InChI is InChI=1S/C14H13FN2O2/c1-19-13-5-3-2-4-12(13)17-14(18)10-8-9(16)6-7-11(10)15/h2-8H,16H2,1H3,(H,17,18). The monoisotopic (exact) mass is 260 g/mol. The molecule has 0 aromatic heterocycles. The first kappa shape index (κ1) is 12.9. The van der Waals surface area contributed by atoms with E-state index in [0.717, 1.165) is 6.07 Å². The van der Waals surface area contributed by atoms with Crippen LogP contribution >= 0.6 is 0 Å². The van der Waals surface area contributed by atoms with Gasteiger partial charge < -0.3 is 15.8 Å². The van der Waals surface area contributed by atoms with Gasteiger partial charge in [-0.1, -0.05) is 12.1 Å². The molecule has 0 aliphatic carbocycles. The number of nitrogen functional groups attached to an aromatic ring is 1. The van der Waals surface area contributed by atoms with E-state index in [1.165, 1.54) is 19.2 Å². The van der Waals surface area contributed by atoms with Gasteiger partial charge in [0, 0.05) is 5.69 Å². The minimum atomic E-state index is -0.624. The Morgan fingerprint density at radius 2 is 2.00 bits per heavy atom. The van der Waals surface area contributed by atoms with Crippen molar-refractivity contribution in [2.75, 3.05) is 18.2 Å². The van der Waals surface area contributed by atoms with Crippen LogP contribution < -0.4 is 15.8 Å². The van der Waals surface area contributed by atoms with Crippen LogP contribution in [0.15, 0.2) is 42.5 Å². The molecule has 5 heteroatoms. The molecule has 0 heterocycles. The highest BCUT2D eigenvalue weighted by atomic mass is 19.1. The highest BCUT2D eigenvalue weighted by molar-refractivity contribution is 6.05. The van der Waals surface area contributed by atoms with Gasteiger partial charge >= 0.3 is 0 Å². The van der Waals surface area contributed by atoms with Crippen LogP contribution in [0, 0.1) is 5.82 Å². The summed E-state index contributed by atoms with van der Waals surface area (Å²) < 4.78 is 18.7. The van der Waals surface area contributed by atoms with Gasteiger partial charge in [0.25, 0.3) is 5.91 Å². The highest BCUT2D eigenvalue weighted by Crippen LogP contribution is 2.24. The first-order chi connectivity index (χ1) is 9.11. The fourth-order valence-electron chi connectivity index (χ4n) is 1.65. The SMILES string of the molecule is COc1ccccc1NC(=O)c1cc(N)ccc1F. The van der Waals surface area contributed by atoms with E-state index < -0.39 is 11.7 Å². The van der Waals surface area contributed by atoms with Crippen molar-refractivity contribution in [2.24, 2.45) is 0 Å². The van der Waals surface area contributed by atoms with Gasteiger partial charge in [-0.05, 0) is 30.3 Å². The predicted molar refractivity (Wildman–Crippen MR) is 71.8 cm³/mol. The quantitative estimate of drug-likeness (QED) is 0.834. The molecule has 0 radical (unpaired) electrons. The number of nitrogens with two attached hydrogens (primary N) is 1. The normalized spacial score (nSPS) is 10.0. The van der Waals surface area contributed by atoms with Crippen LogP contribution in [-0.2, 0) is 0 Å². The molecule has 2 aromatic rings. The van der Waals surface area contributed by atoms with E-state index in [4.69, 9.17) is 10.5 Å². The van der Waals surface area contributed by atoms with Crippen molar-refractivity contribution >= 4 is 17.3 Å². The van der Waals surface area contributed by atoms with E-state index in [1.54, 1.807) is 24.3 Å². The third-order valence-electron chi connectivity index (χ3n) is 2.59. The molecule has 19 heavy (non-hydrogen) atoms. The second-order valence-corrected chi connectivity index (χ2v) is 3.89. The number of hydrogen-bond acceptors (Lipinski definition) is 3. The molecule has 0 aliphatic rings. The van der Waals surface area contributed by atoms with Gasteiger partial charge in [-0.2, -0.15) is 0 Å². The van der Waals surface area contributed by atoms with E-state index in [2.05, 4.69) is 5.32 Å². The molecule has 0 saturated carbocycles. The predicted octanol–water partition coefficient (Wildman–Crippen LogP) is 2.67. The molecular weight excluding hydrogens is 247 g/mol. The van der Waals surface area contributed by atoms with E-state index in [-0.39, 0.29) is 5.56 Å². The van der Waals surface area contributed by atoms with Gasteiger partial charge in [-0.15, -0.1) is 0 Å². The number of rotatable bonds is 3. The first-order valence-corrected chi connectivity index (χ1v) is 5.61. The van der Waals surface area contributed by atoms with Crippen molar-refractivity contribution in [1.82, 2.24) is 0 Å².